The zero-order chi connectivity index (χ0) is 13.8. The molecule has 0 aliphatic carbocycles. The van der Waals surface area contributed by atoms with Gasteiger partial charge in [-0.15, -0.1) is 0 Å². The van der Waals surface area contributed by atoms with E-state index < -0.39 is 9.84 Å². The summed E-state index contributed by atoms with van der Waals surface area (Å²) in [5.41, 5.74) is 0.267. The molecule has 0 aromatic heterocycles. The fourth-order valence-corrected chi connectivity index (χ4v) is 2.84. The van der Waals surface area contributed by atoms with Crippen LogP contribution in [0.1, 0.15) is 31.1 Å². The predicted octanol–water partition coefficient (Wildman–Crippen LogP) is 1.96. The smallest absolute Gasteiger partial charge is 0.255 e. The number of carbonyl (C=O) groups is 1. The Morgan fingerprint density at radius 3 is 2.17 bits per heavy atom. The Bertz CT molecular complexity index is 519. The maximum absolute atomic E-state index is 12.3. The highest BCUT2D eigenvalue weighted by atomic mass is 32.2. The predicted molar refractivity (Wildman–Crippen MR) is 71.4 cm³/mol. The first kappa shape index (κ1) is 14.7. The van der Waals surface area contributed by atoms with E-state index in [1.54, 1.807) is 30.0 Å². The molecule has 0 aliphatic heterocycles. The van der Waals surface area contributed by atoms with Gasteiger partial charge in [0.25, 0.3) is 5.91 Å². The molecule has 0 bridgehead atoms. The number of amides is 1. The van der Waals surface area contributed by atoms with Crippen LogP contribution in [-0.2, 0) is 9.84 Å². The molecule has 0 aliphatic rings. The molecule has 0 spiro atoms. The van der Waals surface area contributed by atoms with Gasteiger partial charge in [0.15, 0.2) is 9.84 Å². The molecular formula is C13H19NO3S. The second-order valence-electron chi connectivity index (χ2n) is 3.88. The van der Waals surface area contributed by atoms with Gasteiger partial charge in [-0.25, -0.2) is 8.42 Å². The average Bonchev–Trinajstić information content (AvgIpc) is 2.40. The van der Waals surface area contributed by atoms with E-state index in [0.717, 1.165) is 0 Å². The van der Waals surface area contributed by atoms with Gasteiger partial charge in [0.1, 0.15) is 0 Å². The minimum absolute atomic E-state index is 0.00442. The number of nitrogens with zero attached hydrogens (tertiary/aromatic N) is 1. The molecule has 0 heterocycles. The van der Waals surface area contributed by atoms with Crippen LogP contribution in [0.4, 0.5) is 0 Å². The second kappa shape index (κ2) is 6.00. The van der Waals surface area contributed by atoms with Crippen LogP contribution in [0.3, 0.4) is 0 Å². The van der Waals surface area contributed by atoms with E-state index in [9.17, 15) is 13.2 Å². The van der Waals surface area contributed by atoms with E-state index in [-0.39, 0.29) is 22.1 Å². The van der Waals surface area contributed by atoms with Crippen LogP contribution < -0.4 is 0 Å². The summed E-state index contributed by atoms with van der Waals surface area (Å²) >= 11 is 0. The Kier molecular flexibility index (Phi) is 4.90. The van der Waals surface area contributed by atoms with Crippen molar-refractivity contribution < 1.29 is 13.2 Å². The monoisotopic (exact) mass is 269 g/mol. The third-order valence-corrected chi connectivity index (χ3v) is 4.67. The normalized spacial score (nSPS) is 11.3. The molecule has 0 saturated heterocycles. The van der Waals surface area contributed by atoms with Crippen molar-refractivity contribution in [1.29, 1.82) is 0 Å². The average molecular weight is 269 g/mol. The largest absolute Gasteiger partial charge is 0.339 e. The maximum Gasteiger partial charge on any atom is 0.255 e. The lowest BCUT2D eigenvalue weighted by Gasteiger charge is -2.20. The van der Waals surface area contributed by atoms with Crippen molar-refractivity contribution in [3.63, 3.8) is 0 Å². The van der Waals surface area contributed by atoms with E-state index in [2.05, 4.69) is 0 Å². The molecule has 0 fully saturated rings. The molecule has 5 heteroatoms. The van der Waals surface area contributed by atoms with Crippen LogP contribution in [0.25, 0.3) is 0 Å². The molecule has 0 saturated carbocycles. The summed E-state index contributed by atoms with van der Waals surface area (Å²) in [6, 6.07) is 6.39. The van der Waals surface area contributed by atoms with E-state index in [4.69, 9.17) is 0 Å². The summed E-state index contributed by atoms with van der Waals surface area (Å²) in [4.78, 5) is 14.0. The van der Waals surface area contributed by atoms with Crippen LogP contribution in [0, 0.1) is 0 Å². The summed E-state index contributed by atoms with van der Waals surface area (Å²) in [6.45, 7) is 6.45. The quantitative estimate of drug-likeness (QED) is 0.821. The first-order chi connectivity index (χ1) is 8.47. The molecule has 100 valence electrons. The molecule has 18 heavy (non-hydrogen) atoms. The fourth-order valence-electron chi connectivity index (χ4n) is 1.75. The Labute approximate surface area is 109 Å². The molecule has 0 N–H and O–H groups in total. The van der Waals surface area contributed by atoms with Gasteiger partial charge in [0.2, 0.25) is 0 Å². The lowest BCUT2D eigenvalue weighted by atomic mass is 10.2. The summed E-state index contributed by atoms with van der Waals surface area (Å²) < 4.78 is 23.9. The minimum atomic E-state index is -3.37. The Balaban J connectivity index is 3.30. The van der Waals surface area contributed by atoms with E-state index in [1.807, 2.05) is 13.8 Å². The highest BCUT2D eigenvalue weighted by Gasteiger charge is 2.22. The van der Waals surface area contributed by atoms with Crippen molar-refractivity contribution in [2.45, 2.75) is 25.7 Å². The molecule has 1 rings (SSSR count). The number of benzene rings is 1. The van der Waals surface area contributed by atoms with Gasteiger partial charge < -0.3 is 4.90 Å². The standard InChI is InChI=1S/C13H19NO3S/c1-4-14(5-2)13(15)11-9-7-8-10-12(11)18(16,17)6-3/h7-10H,4-6H2,1-3H3. The number of sulfone groups is 1. The van der Waals surface area contributed by atoms with Gasteiger partial charge in [-0.2, -0.15) is 0 Å². The zero-order valence-electron chi connectivity index (χ0n) is 11.0. The van der Waals surface area contributed by atoms with Crippen LogP contribution >= 0.6 is 0 Å². The zero-order valence-corrected chi connectivity index (χ0v) is 11.8. The second-order valence-corrected chi connectivity index (χ2v) is 6.12. The van der Waals surface area contributed by atoms with Crippen LogP contribution in [0.2, 0.25) is 0 Å². The van der Waals surface area contributed by atoms with E-state index >= 15 is 0 Å². The van der Waals surface area contributed by atoms with E-state index in [0.29, 0.717) is 13.1 Å². The Morgan fingerprint density at radius 1 is 1.11 bits per heavy atom. The fraction of sp³-hybridized carbons (Fsp3) is 0.462. The van der Waals surface area contributed by atoms with Crippen LogP contribution in [0.5, 0.6) is 0 Å². The molecule has 0 radical (unpaired) electrons. The lowest BCUT2D eigenvalue weighted by molar-refractivity contribution is 0.0769. The molecule has 0 unspecified atom stereocenters. The summed E-state index contributed by atoms with van der Waals surface area (Å²) in [7, 11) is -3.37. The highest BCUT2D eigenvalue weighted by molar-refractivity contribution is 7.91. The summed E-state index contributed by atoms with van der Waals surface area (Å²) in [5.74, 6) is -0.233. The lowest BCUT2D eigenvalue weighted by Crippen LogP contribution is -2.31. The number of rotatable bonds is 5. The maximum atomic E-state index is 12.3. The first-order valence-corrected chi connectivity index (χ1v) is 7.74. The Morgan fingerprint density at radius 2 is 1.67 bits per heavy atom. The SMILES string of the molecule is CCN(CC)C(=O)c1ccccc1S(=O)(=O)CC. The van der Waals surface area contributed by atoms with E-state index in [1.165, 1.54) is 6.07 Å². The van der Waals surface area contributed by atoms with Gasteiger partial charge in [0, 0.05) is 13.1 Å². The van der Waals surface area contributed by atoms with Crippen molar-refractivity contribution in [2.75, 3.05) is 18.8 Å². The molecule has 4 nitrogen and oxygen atoms in total. The van der Waals surface area contributed by atoms with Gasteiger partial charge in [-0.05, 0) is 26.0 Å². The number of hydrogen-bond donors (Lipinski definition) is 0. The van der Waals surface area contributed by atoms with Gasteiger partial charge in [-0.1, -0.05) is 19.1 Å². The summed E-state index contributed by atoms with van der Waals surface area (Å²) in [5, 5.41) is 0. The van der Waals surface area contributed by atoms with Crippen molar-refractivity contribution in [2.24, 2.45) is 0 Å². The van der Waals surface area contributed by atoms with Crippen molar-refractivity contribution in [1.82, 2.24) is 4.90 Å². The number of hydrogen-bond acceptors (Lipinski definition) is 3. The topological polar surface area (TPSA) is 54.5 Å². The first-order valence-electron chi connectivity index (χ1n) is 6.08. The van der Waals surface area contributed by atoms with Gasteiger partial charge >= 0.3 is 0 Å². The third kappa shape index (κ3) is 2.90. The summed E-state index contributed by atoms with van der Waals surface area (Å²) in [6.07, 6.45) is 0. The van der Waals surface area contributed by atoms with Gasteiger partial charge in [0.05, 0.1) is 16.2 Å². The number of carbonyl (C=O) groups excluding carboxylic acids is 1. The molecule has 1 aromatic carbocycles. The highest BCUT2D eigenvalue weighted by Crippen LogP contribution is 2.18. The van der Waals surface area contributed by atoms with Crippen molar-refractivity contribution in [3.05, 3.63) is 29.8 Å². The van der Waals surface area contributed by atoms with Crippen LogP contribution in [-0.4, -0.2) is 38.1 Å². The van der Waals surface area contributed by atoms with Crippen molar-refractivity contribution >= 4 is 15.7 Å². The molecular weight excluding hydrogens is 250 g/mol. The molecule has 1 amide bonds. The molecule has 1 aromatic rings. The van der Waals surface area contributed by atoms with Crippen molar-refractivity contribution in [3.8, 4) is 0 Å². The Hall–Kier alpha value is -1.36. The van der Waals surface area contributed by atoms with Crippen LogP contribution in [0.15, 0.2) is 29.2 Å². The minimum Gasteiger partial charge on any atom is -0.339 e. The molecule has 0 atom stereocenters. The van der Waals surface area contributed by atoms with Gasteiger partial charge in [-0.3, -0.25) is 4.79 Å². The third-order valence-electron chi connectivity index (χ3n) is 2.88.